The van der Waals surface area contributed by atoms with Crippen molar-refractivity contribution in [1.29, 1.82) is 0 Å². The Balaban J connectivity index is 1.43. The quantitative estimate of drug-likeness (QED) is 0.354. The molecule has 202 valence electrons. The van der Waals surface area contributed by atoms with Gasteiger partial charge in [0, 0.05) is 57.0 Å². The summed E-state index contributed by atoms with van der Waals surface area (Å²) >= 11 is 6.03. The largest absolute Gasteiger partial charge is 0.480 e. The third-order valence-corrected chi connectivity index (χ3v) is 7.02. The predicted octanol–water partition coefficient (Wildman–Crippen LogP) is 1.09. The molecule has 3 amide bonds. The standard InChI is InChI=1S/C26H30ClN5O6/c1-38-13-12-29-8-9-30(23(33)16-29)19-5-2-17(3-6-19)14-22(26(36)37)32-11-10-31(24(34)25(32)35)21-15-18(27)4-7-20(21)28/h2-7,15,22H,8-14,16,28H2,1H3,(H,36,37)/t22-/m0/s1. The van der Waals surface area contributed by atoms with Crippen molar-refractivity contribution in [1.82, 2.24) is 9.80 Å². The average Bonchev–Trinajstić information content (AvgIpc) is 2.90. The van der Waals surface area contributed by atoms with Crippen molar-refractivity contribution in [2.75, 3.05) is 68.5 Å². The molecule has 11 nitrogen and oxygen atoms in total. The summed E-state index contributed by atoms with van der Waals surface area (Å²) in [7, 11) is 1.62. The number of hydrogen-bond acceptors (Lipinski definition) is 7. The number of nitrogen functional groups attached to an aromatic ring is 1. The molecule has 2 saturated heterocycles. The molecule has 2 aliphatic rings. The van der Waals surface area contributed by atoms with Gasteiger partial charge in [0.15, 0.2) is 0 Å². The third-order valence-electron chi connectivity index (χ3n) is 6.79. The second kappa shape index (κ2) is 11.8. The summed E-state index contributed by atoms with van der Waals surface area (Å²) in [5, 5.41) is 10.3. The average molecular weight is 544 g/mol. The maximum atomic E-state index is 13.0. The zero-order valence-corrected chi connectivity index (χ0v) is 21.8. The van der Waals surface area contributed by atoms with Gasteiger partial charge in [-0.25, -0.2) is 4.79 Å². The minimum atomic E-state index is -1.23. The number of methoxy groups -OCH3 is 1. The normalized spacial score (nSPS) is 17.7. The van der Waals surface area contributed by atoms with Crippen molar-refractivity contribution in [3.63, 3.8) is 0 Å². The van der Waals surface area contributed by atoms with Crippen molar-refractivity contribution in [2.45, 2.75) is 12.5 Å². The topological polar surface area (TPSA) is 137 Å². The van der Waals surface area contributed by atoms with Crippen LogP contribution in [0.25, 0.3) is 0 Å². The molecule has 2 aromatic carbocycles. The molecular formula is C26H30ClN5O6. The minimum absolute atomic E-state index is 0.00663. The molecule has 0 aromatic heterocycles. The van der Waals surface area contributed by atoms with Crippen molar-refractivity contribution in [2.24, 2.45) is 0 Å². The second-order valence-corrected chi connectivity index (χ2v) is 9.63. The summed E-state index contributed by atoms with van der Waals surface area (Å²) in [4.78, 5) is 56.7. The molecule has 2 aromatic rings. The second-order valence-electron chi connectivity index (χ2n) is 9.20. The van der Waals surface area contributed by atoms with Crippen molar-refractivity contribution < 1.29 is 29.0 Å². The molecule has 2 aliphatic heterocycles. The number of hydrogen-bond donors (Lipinski definition) is 2. The minimum Gasteiger partial charge on any atom is -0.480 e. The zero-order valence-electron chi connectivity index (χ0n) is 21.0. The number of ether oxygens (including phenoxy) is 1. The highest BCUT2D eigenvalue weighted by atomic mass is 35.5. The first-order chi connectivity index (χ1) is 18.2. The van der Waals surface area contributed by atoms with Crippen LogP contribution < -0.4 is 15.5 Å². The Morgan fingerprint density at radius 1 is 1.03 bits per heavy atom. The number of rotatable bonds is 9. The lowest BCUT2D eigenvalue weighted by molar-refractivity contribution is -0.155. The molecule has 1 atom stereocenters. The van der Waals surface area contributed by atoms with E-state index in [-0.39, 0.29) is 31.1 Å². The van der Waals surface area contributed by atoms with Gasteiger partial charge in [0.1, 0.15) is 6.04 Å². The van der Waals surface area contributed by atoms with Gasteiger partial charge in [-0.2, -0.15) is 0 Å². The Bertz CT molecular complexity index is 1220. The van der Waals surface area contributed by atoms with Gasteiger partial charge in [0.2, 0.25) is 5.91 Å². The van der Waals surface area contributed by atoms with Crippen LogP contribution in [0.2, 0.25) is 5.02 Å². The Labute approximate surface area is 225 Å². The summed E-state index contributed by atoms with van der Waals surface area (Å²) in [6.45, 7) is 2.91. The summed E-state index contributed by atoms with van der Waals surface area (Å²) < 4.78 is 5.08. The molecular weight excluding hydrogens is 514 g/mol. The van der Waals surface area contributed by atoms with Crippen LogP contribution in [0.3, 0.4) is 0 Å². The van der Waals surface area contributed by atoms with Crippen LogP contribution in [0.15, 0.2) is 42.5 Å². The van der Waals surface area contributed by atoms with Crippen LogP contribution in [-0.4, -0.2) is 97.6 Å². The lowest BCUT2D eigenvalue weighted by atomic mass is 10.0. The van der Waals surface area contributed by atoms with Crippen molar-refractivity contribution >= 4 is 52.4 Å². The van der Waals surface area contributed by atoms with Gasteiger partial charge in [0.05, 0.1) is 24.5 Å². The van der Waals surface area contributed by atoms with Crippen molar-refractivity contribution in [3.05, 3.63) is 53.1 Å². The van der Waals surface area contributed by atoms with Crippen LogP contribution in [-0.2, 0) is 30.3 Å². The first kappa shape index (κ1) is 27.4. The molecule has 38 heavy (non-hydrogen) atoms. The molecule has 0 aliphatic carbocycles. The van der Waals surface area contributed by atoms with Gasteiger partial charge in [0.25, 0.3) is 0 Å². The van der Waals surface area contributed by atoms with Crippen LogP contribution in [0, 0.1) is 0 Å². The van der Waals surface area contributed by atoms with E-state index in [1.807, 2.05) is 4.90 Å². The van der Waals surface area contributed by atoms with Gasteiger partial charge in [-0.05, 0) is 35.9 Å². The highest BCUT2D eigenvalue weighted by Gasteiger charge is 2.40. The number of carboxylic acid groups (broad SMARTS) is 1. The molecule has 0 bridgehead atoms. The number of benzene rings is 2. The van der Waals surface area contributed by atoms with Gasteiger partial charge in [-0.15, -0.1) is 0 Å². The van der Waals surface area contributed by atoms with Gasteiger partial charge in [-0.1, -0.05) is 23.7 Å². The fourth-order valence-corrected chi connectivity index (χ4v) is 4.87. The summed E-state index contributed by atoms with van der Waals surface area (Å²) in [5.74, 6) is -3.02. The molecule has 2 heterocycles. The maximum absolute atomic E-state index is 13.0. The number of carboxylic acids is 1. The van der Waals surface area contributed by atoms with Crippen LogP contribution in [0.1, 0.15) is 5.56 Å². The van der Waals surface area contributed by atoms with E-state index in [4.69, 9.17) is 22.1 Å². The van der Waals surface area contributed by atoms with E-state index in [0.717, 1.165) is 17.1 Å². The number of halogens is 1. The van der Waals surface area contributed by atoms with E-state index in [2.05, 4.69) is 0 Å². The molecule has 3 N–H and O–H groups in total. The van der Waals surface area contributed by atoms with E-state index in [1.165, 1.54) is 11.0 Å². The summed E-state index contributed by atoms with van der Waals surface area (Å²) in [6.07, 6.45) is 0.00663. The number of aliphatic carboxylic acids is 1. The molecule has 0 radical (unpaired) electrons. The van der Waals surface area contributed by atoms with E-state index in [9.17, 15) is 24.3 Å². The summed E-state index contributed by atoms with van der Waals surface area (Å²) in [6, 6.07) is 10.4. The Morgan fingerprint density at radius 3 is 2.39 bits per heavy atom. The number of carbonyl (C=O) groups is 4. The van der Waals surface area contributed by atoms with Crippen molar-refractivity contribution in [3.8, 4) is 0 Å². The maximum Gasteiger partial charge on any atom is 0.326 e. The van der Waals surface area contributed by atoms with Gasteiger partial charge >= 0.3 is 17.8 Å². The SMILES string of the molecule is COCCN1CCN(c2ccc(C[C@@H](C(=O)O)N3CCN(c4cc(Cl)ccc4N)C(=O)C3=O)cc2)C(=O)C1. The first-order valence-corrected chi connectivity index (χ1v) is 12.6. The number of carbonyl (C=O) groups excluding carboxylic acids is 3. The molecule has 2 fully saturated rings. The third kappa shape index (κ3) is 5.90. The fraction of sp³-hybridized carbons (Fsp3) is 0.385. The van der Waals surface area contributed by atoms with E-state index in [1.54, 1.807) is 48.4 Å². The van der Waals surface area contributed by atoms with E-state index < -0.39 is 23.8 Å². The lowest BCUT2D eigenvalue weighted by Gasteiger charge is -2.37. The molecule has 0 spiro atoms. The van der Waals surface area contributed by atoms with Crippen LogP contribution >= 0.6 is 11.6 Å². The van der Waals surface area contributed by atoms with Gasteiger partial charge < -0.3 is 30.3 Å². The zero-order chi connectivity index (χ0) is 27.4. The first-order valence-electron chi connectivity index (χ1n) is 12.2. The van der Waals surface area contributed by atoms with E-state index >= 15 is 0 Å². The number of nitrogens with zero attached hydrogens (tertiary/aromatic N) is 4. The molecule has 12 heteroatoms. The smallest absolute Gasteiger partial charge is 0.326 e. The number of piperazine rings is 2. The molecule has 4 rings (SSSR count). The van der Waals surface area contributed by atoms with E-state index in [0.29, 0.717) is 42.5 Å². The Morgan fingerprint density at radius 2 is 1.74 bits per heavy atom. The molecule has 0 saturated carbocycles. The molecule has 0 unspecified atom stereocenters. The Kier molecular flexibility index (Phi) is 8.50. The summed E-state index contributed by atoms with van der Waals surface area (Å²) in [5.41, 5.74) is 7.95. The number of nitrogens with two attached hydrogens (primary N) is 1. The predicted molar refractivity (Wildman–Crippen MR) is 142 cm³/mol. The number of amides is 3. The highest BCUT2D eigenvalue weighted by Crippen LogP contribution is 2.29. The highest BCUT2D eigenvalue weighted by molar-refractivity contribution is 6.41. The van der Waals surface area contributed by atoms with Crippen LogP contribution in [0.5, 0.6) is 0 Å². The monoisotopic (exact) mass is 543 g/mol. The lowest BCUT2D eigenvalue weighted by Crippen LogP contribution is -2.59. The Hall–Kier alpha value is -3.67. The fourth-order valence-electron chi connectivity index (χ4n) is 4.70. The van der Waals surface area contributed by atoms with Gasteiger partial charge in [-0.3, -0.25) is 19.3 Å². The van der Waals surface area contributed by atoms with Crippen LogP contribution in [0.4, 0.5) is 17.1 Å². The number of anilines is 3.